The highest BCUT2D eigenvalue weighted by Gasteiger charge is 2.26. The van der Waals surface area contributed by atoms with Crippen LogP contribution in [0.5, 0.6) is 11.5 Å². The lowest BCUT2D eigenvalue weighted by molar-refractivity contribution is -0.154. The molecule has 0 fully saturated rings. The third-order valence-electron chi connectivity index (χ3n) is 3.50. The Morgan fingerprint density at radius 3 is 2.48 bits per heavy atom. The first-order valence-corrected chi connectivity index (χ1v) is 7.00. The molecule has 0 saturated carbocycles. The number of phenolic OH excluding ortho intramolecular Hbond substituents is 2. The van der Waals surface area contributed by atoms with Gasteiger partial charge in [-0.15, -0.1) is 0 Å². The quantitative estimate of drug-likeness (QED) is 0.459. The molecule has 0 spiro atoms. The Balaban J connectivity index is 2.43. The smallest absolute Gasteiger partial charge is 0.311 e. The molecular weight excluding hydrogens is 272 g/mol. The van der Waals surface area contributed by atoms with Crippen molar-refractivity contribution in [1.82, 2.24) is 0 Å². The minimum atomic E-state index is -0.515. The Kier molecular flexibility index (Phi) is 5.76. The highest BCUT2D eigenvalue weighted by atomic mass is 16.5. The van der Waals surface area contributed by atoms with Crippen LogP contribution in [-0.4, -0.2) is 28.6 Å². The predicted molar refractivity (Wildman–Crippen MR) is 78.4 cm³/mol. The molecule has 0 aliphatic carbocycles. The van der Waals surface area contributed by atoms with Gasteiger partial charge < -0.3 is 14.9 Å². The maximum atomic E-state index is 11.9. The summed E-state index contributed by atoms with van der Waals surface area (Å²) in [6.07, 6.45) is 1.25. The van der Waals surface area contributed by atoms with Gasteiger partial charge in [0.05, 0.1) is 17.6 Å². The van der Waals surface area contributed by atoms with Crippen molar-refractivity contribution in [2.45, 2.75) is 40.0 Å². The minimum absolute atomic E-state index is 0.0974. The van der Waals surface area contributed by atoms with Gasteiger partial charge >= 0.3 is 5.97 Å². The third-order valence-corrected chi connectivity index (χ3v) is 3.50. The van der Waals surface area contributed by atoms with Crippen LogP contribution in [0.25, 0.3) is 0 Å². The molecule has 5 nitrogen and oxygen atoms in total. The molecule has 0 aliphatic heterocycles. The molecule has 0 bridgehead atoms. The zero-order valence-corrected chi connectivity index (χ0v) is 12.7. The van der Waals surface area contributed by atoms with Gasteiger partial charge in [-0.1, -0.05) is 6.92 Å². The third kappa shape index (κ3) is 4.77. The number of aromatic hydroxyl groups is 2. The number of benzene rings is 1. The van der Waals surface area contributed by atoms with Crippen LogP contribution in [-0.2, 0) is 9.53 Å². The van der Waals surface area contributed by atoms with E-state index < -0.39 is 5.41 Å². The molecule has 116 valence electrons. The summed E-state index contributed by atoms with van der Waals surface area (Å²) in [6, 6.07) is 3.84. The number of rotatable bonds is 7. The number of carbonyl (C=O) groups is 2. The van der Waals surface area contributed by atoms with Crippen LogP contribution >= 0.6 is 0 Å². The molecule has 0 amide bonds. The Bertz CT molecular complexity index is 519. The maximum Gasteiger partial charge on any atom is 0.311 e. The van der Waals surface area contributed by atoms with Crippen molar-refractivity contribution in [2.75, 3.05) is 6.61 Å². The van der Waals surface area contributed by atoms with Crippen LogP contribution < -0.4 is 0 Å². The van der Waals surface area contributed by atoms with Gasteiger partial charge in [0.2, 0.25) is 0 Å². The van der Waals surface area contributed by atoms with Crippen molar-refractivity contribution in [3.8, 4) is 11.5 Å². The number of carbonyl (C=O) groups excluding carboxylic acids is 2. The molecule has 0 aliphatic rings. The fraction of sp³-hybridized carbons (Fsp3) is 0.500. The highest BCUT2D eigenvalue weighted by molar-refractivity contribution is 5.98. The van der Waals surface area contributed by atoms with Crippen molar-refractivity contribution < 1.29 is 24.5 Å². The molecule has 1 aromatic rings. The van der Waals surface area contributed by atoms with Gasteiger partial charge in [-0.3, -0.25) is 9.59 Å². The summed E-state index contributed by atoms with van der Waals surface area (Å²) in [5.74, 6) is -0.868. The number of phenols is 2. The SMILES string of the molecule is CCC(C)(C)C(=O)OCCCC(=O)c1ccc(O)cc1O. The second kappa shape index (κ2) is 7.11. The molecular formula is C16H22O5. The zero-order valence-electron chi connectivity index (χ0n) is 12.7. The summed E-state index contributed by atoms with van der Waals surface area (Å²) in [4.78, 5) is 23.6. The van der Waals surface area contributed by atoms with Gasteiger partial charge in [-0.25, -0.2) is 0 Å². The Morgan fingerprint density at radius 2 is 1.90 bits per heavy atom. The van der Waals surface area contributed by atoms with Gasteiger partial charge in [0.15, 0.2) is 5.78 Å². The van der Waals surface area contributed by atoms with Crippen molar-refractivity contribution in [3.05, 3.63) is 23.8 Å². The molecule has 0 atom stereocenters. The van der Waals surface area contributed by atoms with Crippen LogP contribution in [0, 0.1) is 5.41 Å². The van der Waals surface area contributed by atoms with Crippen LogP contribution in [0.2, 0.25) is 0 Å². The molecule has 0 unspecified atom stereocenters. The lowest BCUT2D eigenvalue weighted by Gasteiger charge is -2.20. The average Bonchev–Trinajstić information content (AvgIpc) is 2.42. The molecule has 1 aromatic carbocycles. The second-order valence-electron chi connectivity index (χ2n) is 5.60. The Hall–Kier alpha value is -2.04. The second-order valence-corrected chi connectivity index (χ2v) is 5.60. The van der Waals surface area contributed by atoms with Crippen molar-refractivity contribution in [2.24, 2.45) is 5.41 Å². The fourth-order valence-corrected chi connectivity index (χ4v) is 1.63. The summed E-state index contributed by atoms with van der Waals surface area (Å²) >= 11 is 0. The van der Waals surface area contributed by atoms with Crippen LogP contribution in [0.15, 0.2) is 18.2 Å². The fourth-order valence-electron chi connectivity index (χ4n) is 1.63. The van der Waals surface area contributed by atoms with Gasteiger partial charge in [-0.05, 0) is 38.8 Å². The molecule has 21 heavy (non-hydrogen) atoms. The summed E-state index contributed by atoms with van der Waals surface area (Å²) in [5, 5.41) is 18.7. The lowest BCUT2D eigenvalue weighted by Crippen LogP contribution is -2.26. The van der Waals surface area contributed by atoms with E-state index in [1.807, 2.05) is 20.8 Å². The molecule has 1 rings (SSSR count). The van der Waals surface area contributed by atoms with E-state index in [9.17, 15) is 14.7 Å². The number of ether oxygens (including phenoxy) is 1. The minimum Gasteiger partial charge on any atom is -0.508 e. The summed E-state index contributed by atoms with van der Waals surface area (Å²) in [5.41, 5.74) is -0.354. The summed E-state index contributed by atoms with van der Waals surface area (Å²) in [6.45, 7) is 5.72. The van der Waals surface area contributed by atoms with Gasteiger partial charge in [0.1, 0.15) is 11.5 Å². The monoisotopic (exact) mass is 294 g/mol. The number of hydrogen-bond donors (Lipinski definition) is 2. The lowest BCUT2D eigenvalue weighted by atomic mass is 9.91. The number of hydrogen-bond acceptors (Lipinski definition) is 5. The van der Waals surface area contributed by atoms with E-state index in [0.29, 0.717) is 12.8 Å². The average molecular weight is 294 g/mol. The Labute approximate surface area is 124 Å². The van der Waals surface area contributed by atoms with E-state index in [4.69, 9.17) is 9.84 Å². The number of esters is 1. The molecule has 0 saturated heterocycles. The molecule has 5 heteroatoms. The van der Waals surface area contributed by atoms with E-state index in [-0.39, 0.29) is 41.8 Å². The van der Waals surface area contributed by atoms with E-state index in [0.717, 1.165) is 6.07 Å². The van der Waals surface area contributed by atoms with Gasteiger partial charge in [0.25, 0.3) is 0 Å². The molecule has 0 aromatic heterocycles. The Morgan fingerprint density at radius 1 is 1.24 bits per heavy atom. The molecule has 2 N–H and O–H groups in total. The summed E-state index contributed by atoms with van der Waals surface area (Å²) < 4.78 is 5.14. The van der Waals surface area contributed by atoms with Crippen LogP contribution in [0.4, 0.5) is 0 Å². The maximum absolute atomic E-state index is 11.9. The molecule has 0 heterocycles. The van der Waals surface area contributed by atoms with E-state index in [2.05, 4.69) is 0 Å². The van der Waals surface area contributed by atoms with Gasteiger partial charge in [0, 0.05) is 12.5 Å². The standard InChI is InChI=1S/C16H22O5/c1-4-16(2,3)15(20)21-9-5-6-13(18)12-8-7-11(17)10-14(12)19/h7-8,10,17,19H,4-6,9H2,1-3H3. The van der Waals surface area contributed by atoms with E-state index >= 15 is 0 Å². The zero-order chi connectivity index (χ0) is 16.0. The van der Waals surface area contributed by atoms with Crippen LogP contribution in [0.3, 0.4) is 0 Å². The molecule has 0 radical (unpaired) electrons. The predicted octanol–water partition coefficient (Wildman–Crippen LogP) is 3.04. The van der Waals surface area contributed by atoms with Gasteiger partial charge in [-0.2, -0.15) is 0 Å². The highest BCUT2D eigenvalue weighted by Crippen LogP contribution is 2.24. The normalized spacial score (nSPS) is 11.2. The van der Waals surface area contributed by atoms with Crippen molar-refractivity contribution >= 4 is 11.8 Å². The number of Topliss-reactive ketones (excluding diaryl/α,β-unsaturated/α-hetero) is 1. The summed E-state index contributed by atoms with van der Waals surface area (Å²) in [7, 11) is 0. The van der Waals surface area contributed by atoms with Crippen LogP contribution in [0.1, 0.15) is 50.4 Å². The first kappa shape index (κ1) is 17.0. The number of ketones is 1. The largest absolute Gasteiger partial charge is 0.508 e. The first-order valence-electron chi connectivity index (χ1n) is 7.00. The van der Waals surface area contributed by atoms with Crippen molar-refractivity contribution in [1.29, 1.82) is 0 Å². The van der Waals surface area contributed by atoms with E-state index in [1.165, 1.54) is 12.1 Å². The van der Waals surface area contributed by atoms with E-state index in [1.54, 1.807) is 0 Å². The van der Waals surface area contributed by atoms with Crippen molar-refractivity contribution in [3.63, 3.8) is 0 Å². The topological polar surface area (TPSA) is 83.8 Å². The first-order chi connectivity index (χ1) is 9.77.